The molecule has 0 bridgehead atoms. The minimum atomic E-state index is -4.47. The van der Waals surface area contributed by atoms with Crippen molar-refractivity contribution in [2.45, 2.75) is 39.0 Å². The zero-order valence-corrected chi connectivity index (χ0v) is 20.9. The molecule has 2 aliphatic rings. The van der Waals surface area contributed by atoms with E-state index in [2.05, 4.69) is 40.8 Å². The second-order valence-electron chi connectivity index (χ2n) is 9.50. The minimum absolute atomic E-state index is 0.0497. The second-order valence-corrected chi connectivity index (χ2v) is 9.50. The van der Waals surface area contributed by atoms with Crippen molar-refractivity contribution in [1.29, 1.82) is 0 Å². The lowest BCUT2D eigenvalue weighted by Gasteiger charge is -2.37. The molecule has 2 atom stereocenters. The first-order chi connectivity index (χ1) is 17.6. The average Bonchev–Trinajstić information content (AvgIpc) is 3.22. The third-order valence-electron chi connectivity index (χ3n) is 6.93. The van der Waals surface area contributed by atoms with Crippen LogP contribution in [-0.2, 0) is 6.18 Å². The number of aromatic nitrogens is 3. The van der Waals surface area contributed by atoms with Gasteiger partial charge in [0, 0.05) is 56.1 Å². The number of anilines is 3. The monoisotopic (exact) mass is 512 g/mol. The normalized spacial score (nSPS) is 20.1. The average molecular weight is 513 g/mol. The van der Waals surface area contributed by atoms with E-state index in [1.54, 1.807) is 24.0 Å². The summed E-state index contributed by atoms with van der Waals surface area (Å²) in [5.74, 6) is 0.912. The highest BCUT2D eigenvalue weighted by Crippen LogP contribution is 2.36. The molecule has 3 aromatic rings. The molecule has 37 heavy (non-hydrogen) atoms. The predicted molar refractivity (Wildman–Crippen MR) is 136 cm³/mol. The molecule has 0 N–H and O–H groups in total. The molecule has 1 fully saturated rings. The van der Waals surface area contributed by atoms with E-state index < -0.39 is 11.7 Å². The topological polar surface area (TPSA) is 48.4 Å². The first-order valence-electron chi connectivity index (χ1n) is 12.3. The number of benzene rings is 1. The van der Waals surface area contributed by atoms with Gasteiger partial charge in [0.1, 0.15) is 17.5 Å². The van der Waals surface area contributed by atoms with Crippen LogP contribution in [0.5, 0.6) is 0 Å². The van der Waals surface area contributed by atoms with Gasteiger partial charge in [0.05, 0.1) is 11.3 Å². The summed E-state index contributed by atoms with van der Waals surface area (Å²) in [6, 6.07) is 9.34. The molecule has 10 heteroatoms. The van der Waals surface area contributed by atoms with Gasteiger partial charge in [0.15, 0.2) is 0 Å². The van der Waals surface area contributed by atoms with Gasteiger partial charge in [-0.05, 0) is 56.7 Å². The zero-order chi connectivity index (χ0) is 26.3. The summed E-state index contributed by atoms with van der Waals surface area (Å²) < 4.78 is 54.5. The summed E-state index contributed by atoms with van der Waals surface area (Å²) in [5.41, 5.74) is 1.23. The third kappa shape index (κ3) is 4.97. The van der Waals surface area contributed by atoms with Crippen LogP contribution < -0.4 is 14.7 Å². The quantitative estimate of drug-likeness (QED) is 0.341. The number of alkyl halides is 3. The first kappa shape index (κ1) is 25.0. The number of nitrogens with zero attached hydrogens (tertiary/aromatic N) is 6. The van der Waals surface area contributed by atoms with Gasteiger partial charge in [-0.15, -0.1) is 0 Å². The molecule has 6 nitrogen and oxygen atoms in total. The molecule has 194 valence electrons. The largest absolute Gasteiger partial charge is 0.419 e. The van der Waals surface area contributed by atoms with Crippen molar-refractivity contribution in [3.8, 4) is 11.3 Å². The molecule has 0 spiro atoms. The van der Waals surface area contributed by atoms with Gasteiger partial charge in [0.25, 0.3) is 0 Å². The van der Waals surface area contributed by atoms with Crippen LogP contribution in [0, 0.1) is 12.7 Å². The van der Waals surface area contributed by atoms with Crippen LogP contribution in [0.3, 0.4) is 0 Å². The van der Waals surface area contributed by atoms with Gasteiger partial charge < -0.3 is 14.7 Å². The van der Waals surface area contributed by atoms with Gasteiger partial charge in [-0.2, -0.15) is 18.2 Å². The Hall–Kier alpha value is -3.69. The number of aryl methyl sites for hydroxylation is 1. The number of hydrogen-bond donors (Lipinski definition) is 0. The van der Waals surface area contributed by atoms with Crippen LogP contribution in [0.2, 0.25) is 0 Å². The van der Waals surface area contributed by atoms with Crippen LogP contribution in [0.15, 0.2) is 54.7 Å². The van der Waals surface area contributed by atoms with Crippen molar-refractivity contribution < 1.29 is 17.6 Å². The van der Waals surface area contributed by atoms with Gasteiger partial charge in [0.2, 0.25) is 5.95 Å². The molecular weight excluding hydrogens is 484 g/mol. The molecule has 2 aliphatic heterocycles. The fourth-order valence-corrected chi connectivity index (χ4v) is 4.91. The number of piperazine rings is 1. The molecule has 1 saturated heterocycles. The van der Waals surface area contributed by atoms with E-state index >= 15 is 0 Å². The maximum absolute atomic E-state index is 14.0. The Morgan fingerprint density at radius 3 is 2.22 bits per heavy atom. The fraction of sp³-hybridized carbons (Fsp3) is 0.370. The molecule has 5 rings (SSSR count). The van der Waals surface area contributed by atoms with Crippen molar-refractivity contribution in [3.05, 3.63) is 71.7 Å². The fourth-order valence-electron chi connectivity index (χ4n) is 4.91. The Morgan fingerprint density at radius 2 is 1.57 bits per heavy atom. The number of hydrogen-bond acceptors (Lipinski definition) is 6. The maximum atomic E-state index is 14.0. The van der Waals surface area contributed by atoms with Crippen molar-refractivity contribution in [2.75, 3.05) is 40.9 Å². The SMILES string of the molecule is Cc1cc(-c2cc(N3CCN(c4ncccc4C(F)(F)F)CC3)nc(N3C(C)C=CC3C)n2)ccc1F. The van der Waals surface area contributed by atoms with E-state index in [4.69, 9.17) is 9.97 Å². The van der Waals surface area contributed by atoms with Crippen LogP contribution in [0.4, 0.5) is 35.1 Å². The predicted octanol–water partition coefficient (Wildman–Crippen LogP) is 5.48. The van der Waals surface area contributed by atoms with E-state index in [1.165, 1.54) is 18.3 Å². The standard InChI is InChI=1S/C27H28F4N6/c1-17-15-20(8-9-22(17)28)23-16-24(34-26(33-23)37-18(2)6-7-19(37)3)35-11-13-36(14-12-35)25-21(27(29,30)31)5-4-10-32-25/h4-10,15-16,18-19H,11-14H2,1-3H3. The molecule has 0 aliphatic carbocycles. The molecule has 1 aromatic carbocycles. The van der Waals surface area contributed by atoms with Gasteiger partial charge in [-0.1, -0.05) is 12.2 Å². The molecule has 2 unspecified atom stereocenters. The summed E-state index contributed by atoms with van der Waals surface area (Å²) in [6.45, 7) is 7.52. The zero-order valence-electron chi connectivity index (χ0n) is 20.9. The van der Waals surface area contributed by atoms with E-state index in [-0.39, 0.29) is 23.7 Å². The highest BCUT2D eigenvalue weighted by molar-refractivity contribution is 5.67. The highest BCUT2D eigenvalue weighted by Gasteiger charge is 2.36. The Bertz CT molecular complexity index is 1300. The summed E-state index contributed by atoms with van der Waals surface area (Å²) in [7, 11) is 0. The van der Waals surface area contributed by atoms with Crippen molar-refractivity contribution in [3.63, 3.8) is 0 Å². The second kappa shape index (κ2) is 9.64. The molecule has 2 aromatic heterocycles. The van der Waals surface area contributed by atoms with E-state index in [1.807, 2.05) is 6.07 Å². The first-order valence-corrected chi connectivity index (χ1v) is 12.3. The highest BCUT2D eigenvalue weighted by atomic mass is 19.4. The van der Waals surface area contributed by atoms with Crippen LogP contribution in [0.1, 0.15) is 25.0 Å². The van der Waals surface area contributed by atoms with Crippen LogP contribution in [-0.4, -0.2) is 53.2 Å². The third-order valence-corrected chi connectivity index (χ3v) is 6.93. The molecule has 0 radical (unpaired) electrons. The van der Waals surface area contributed by atoms with E-state index in [9.17, 15) is 17.6 Å². The van der Waals surface area contributed by atoms with Crippen molar-refractivity contribution >= 4 is 17.6 Å². The maximum Gasteiger partial charge on any atom is 0.419 e. The van der Waals surface area contributed by atoms with Crippen molar-refractivity contribution in [1.82, 2.24) is 15.0 Å². The Morgan fingerprint density at radius 1 is 0.892 bits per heavy atom. The number of pyridine rings is 1. The van der Waals surface area contributed by atoms with Crippen LogP contribution in [0.25, 0.3) is 11.3 Å². The Labute approximate surface area is 213 Å². The van der Waals surface area contributed by atoms with Gasteiger partial charge in [-0.25, -0.2) is 14.4 Å². The van der Waals surface area contributed by atoms with Gasteiger partial charge >= 0.3 is 6.18 Å². The minimum Gasteiger partial charge on any atom is -0.353 e. The van der Waals surface area contributed by atoms with Crippen molar-refractivity contribution in [2.24, 2.45) is 0 Å². The Balaban J connectivity index is 1.46. The summed E-state index contributed by atoms with van der Waals surface area (Å²) in [6.07, 6.45) is 1.12. The van der Waals surface area contributed by atoms with Gasteiger partial charge in [-0.3, -0.25) is 0 Å². The number of halogens is 4. The molecule has 4 heterocycles. The molecular formula is C27H28F4N6. The van der Waals surface area contributed by atoms with Crippen LogP contribution >= 0.6 is 0 Å². The summed E-state index contributed by atoms with van der Waals surface area (Å²) in [5, 5.41) is 0. The summed E-state index contributed by atoms with van der Waals surface area (Å²) >= 11 is 0. The smallest absolute Gasteiger partial charge is 0.353 e. The van der Waals surface area contributed by atoms with E-state index in [0.717, 1.165) is 11.6 Å². The lowest BCUT2D eigenvalue weighted by atomic mass is 10.1. The lowest BCUT2D eigenvalue weighted by molar-refractivity contribution is -0.137. The molecule has 0 saturated carbocycles. The van der Waals surface area contributed by atoms with E-state index in [0.29, 0.717) is 49.2 Å². The summed E-state index contributed by atoms with van der Waals surface area (Å²) in [4.78, 5) is 19.6. The number of rotatable bonds is 4. The molecule has 0 amide bonds. The lowest BCUT2D eigenvalue weighted by Crippen LogP contribution is -2.48. The Kier molecular flexibility index (Phi) is 6.51.